The van der Waals surface area contributed by atoms with Crippen molar-refractivity contribution < 1.29 is 22.8 Å². The predicted molar refractivity (Wildman–Crippen MR) is 71.8 cm³/mol. The van der Waals surface area contributed by atoms with Crippen molar-refractivity contribution in [3.8, 4) is 5.88 Å². The summed E-state index contributed by atoms with van der Waals surface area (Å²) in [6.07, 6.45) is -3.07. The summed E-state index contributed by atoms with van der Waals surface area (Å²) in [5.41, 5.74) is 0.148. The molecule has 8 nitrogen and oxygen atoms in total. The molecule has 2 aromatic rings. The number of nitrogens with zero attached hydrogens (tertiary/aromatic N) is 4. The number of anilines is 1. The summed E-state index contributed by atoms with van der Waals surface area (Å²) in [6, 6.07) is 5.33. The molecule has 11 heteroatoms. The van der Waals surface area contributed by atoms with Gasteiger partial charge >= 0.3 is 11.9 Å². The lowest BCUT2D eigenvalue weighted by Crippen LogP contribution is -2.19. The predicted octanol–water partition coefficient (Wildman–Crippen LogP) is 2.33. The van der Waals surface area contributed by atoms with Crippen LogP contribution in [0.4, 0.5) is 24.7 Å². The smallest absolute Gasteiger partial charge is 0.422 e. The number of pyridine rings is 1. The third-order valence-corrected chi connectivity index (χ3v) is 2.50. The average molecular weight is 329 g/mol. The van der Waals surface area contributed by atoms with Gasteiger partial charge in [-0.3, -0.25) is 10.1 Å². The molecule has 0 aliphatic carbocycles. The van der Waals surface area contributed by atoms with Crippen LogP contribution in [-0.4, -0.2) is 32.9 Å². The van der Waals surface area contributed by atoms with Crippen molar-refractivity contribution in [2.45, 2.75) is 12.7 Å². The van der Waals surface area contributed by atoms with Gasteiger partial charge in [-0.05, 0) is 12.1 Å². The molecular weight excluding hydrogens is 319 g/mol. The van der Waals surface area contributed by atoms with E-state index in [1.807, 2.05) is 0 Å². The Bertz CT molecular complexity index is 678. The van der Waals surface area contributed by atoms with Crippen LogP contribution in [-0.2, 0) is 6.54 Å². The monoisotopic (exact) mass is 329 g/mol. The summed E-state index contributed by atoms with van der Waals surface area (Å²) in [4.78, 5) is 14.1. The zero-order chi connectivity index (χ0) is 16.9. The van der Waals surface area contributed by atoms with E-state index in [1.54, 1.807) is 0 Å². The fourth-order valence-corrected chi connectivity index (χ4v) is 1.53. The minimum Gasteiger partial charge on any atom is -0.467 e. The first-order chi connectivity index (χ1) is 10.8. The summed E-state index contributed by atoms with van der Waals surface area (Å²) < 4.78 is 40.4. The zero-order valence-corrected chi connectivity index (χ0v) is 11.4. The minimum absolute atomic E-state index is 0.0525. The maximum atomic E-state index is 12.0. The van der Waals surface area contributed by atoms with Gasteiger partial charge in [-0.15, -0.1) is 5.10 Å². The zero-order valence-electron chi connectivity index (χ0n) is 11.4. The first-order valence-corrected chi connectivity index (χ1v) is 6.20. The van der Waals surface area contributed by atoms with E-state index in [4.69, 9.17) is 0 Å². The number of rotatable bonds is 6. The first kappa shape index (κ1) is 16.4. The molecule has 0 aliphatic rings. The van der Waals surface area contributed by atoms with E-state index in [-0.39, 0.29) is 23.9 Å². The lowest BCUT2D eigenvalue weighted by Gasteiger charge is -2.08. The molecule has 0 atom stereocenters. The highest BCUT2D eigenvalue weighted by Gasteiger charge is 2.28. The molecule has 0 unspecified atom stereocenters. The molecule has 0 saturated heterocycles. The summed E-state index contributed by atoms with van der Waals surface area (Å²) >= 11 is 0. The SMILES string of the molecule is O=[N+]([O-])c1cccnc1NCc1ccc(OCC(F)(F)F)nn1. The highest BCUT2D eigenvalue weighted by atomic mass is 19.4. The number of nitro groups is 1. The van der Waals surface area contributed by atoms with Gasteiger partial charge in [0.25, 0.3) is 0 Å². The van der Waals surface area contributed by atoms with Gasteiger partial charge in [-0.25, -0.2) is 4.98 Å². The quantitative estimate of drug-likeness (QED) is 0.641. The number of hydrogen-bond acceptors (Lipinski definition) is 7. The summed E-state index contributed by atoms with van der Waals surface area (Å²) in [7, 11) is 0. The summed E-state index contributed by atoms with van der Waals surface area (Å²) in [5.74, 6) is -0.216. The molecular formula is C12H10F3N5O3. The van der Waals surface area contributed by atoms with E-state index in [0.29, 0.717) is 5.69 Å². The third kappa shape index (κ3) is 5.05. The van der Waals surface area contributed by atoms with Crippen molar-refractivity contribution in [1.82, 2.24) is 15.2 Å². The van der Waals surface area contributed by atoms with Gasteiger partial charge < -0.3 is 10.1 Å². The van der Waals surface area contributed by atoms with Gasteiger partial charge in [0.1, 0.15) is 0 Å². The minimum atomic E-state index is -4.46. The maximum absolute atomic E-state index is 12.0. The van der Waals surface area contributed by atoms with Crippen molar-refractivity contribution in [3.63, 3.8) is 0 Å². The summed E-state index contributed by atoms with van der Waals surface area (Å²) in [6.45, 7) is -1.40. The van der Waals surface area contributed by atoms with E-state index in [9.17, 15) is 23.3 Å². The Morgan fingerprint density at radius 1 is 1.26 bits per heavy atom. The van der Waals surface area contributed by atoms with E-state index >= 15 is 0 Å². The normalized spacial score (nSPS) is 11.1. The van der Waals surface area contributed by atoms with Gasteiger partial charge in [0.2, 0.25) is 11.7 Å². The Balaban J connectivity index is 1.96. The molecule has 0 aliphatic heterocycles. The van der Waals surface area contributed by atoms with Gasteiger partial charge in [0.05, 0.1) is 17.2 Å². The topological polar surface area (TPSA) is 103 Å². The van der Waals surface area contributed by atoms with Crippen LogP contribution in [0.1, 0.15) is 5.69 Å². The Hall–Kier alpha value is -2.98. The fourth-order valence-electron chi connectivity index (χ4n) is 1.53. The first-order valence-electron chi connectivity index (χ1n) is 6.20. The van der Waals surface area contributed by atoms with Gasteiger partial charge in [0.15, 0.2) is 6.61 Å². The number of halogens is 3. The molecule has 0 aromatic carbocycles. The van der Waals surface area contributed by atoms with E-state index in [2.05, 4.69) is 25.2 Å². The van der Waals surface area contributed by atoms with Crippen LogP contribution in [0, 0.1) is 10.1 Å². The van der Waals surface area contributed by atoms with E-state index in [1.165, 1.54) is 30.5 Å². The lowest BCUT2D eigenvalue weighted by atomic mass is 10.3. The maximum Gasteiger partial charge on any atom is 0.422 e. The van der Waals surface area contributed by atoms with Crippen molar-refractivity contribution in [3.05, 3.63) is 46.3 Å². The fraction of sp³-hybridized carbons (Fsp3) is 0.250. The number of hydrogen-bond donors (Lipinski definition) is 1. The van der Waals surface area contributed by atoms with E-state index < -0.39 is 17.7 Å². The molecule has 2 rings (SSSR count). The Labute approximate surface area is 127 Å². The van der Waals surface area contributed by atoms with Crippen LogP contribution in [0.25, 0.3) is 0 Å². The van der Waals surface area contributed by atoms with Crippen LogP contribution >= 0.6 is 0 Å². The number of ether oxygens (including phenoxy) is 1. The summed E-state index contributed by atoms with van der Waals surface area (Å²) in [5, 5.41) is 20.7. The third-order valence-electron chi connectivity index (χ3n) is 2.50. The lowest BCUT2D eigenvalue weighted by molar-refractivity contribution is -0.384. The molecule has 0 saturated carbocycles. The van der Waals surface area contributed by atoms with Crippen LogP contribution in [0.15, 0.2) is 30.5 Å². The molecule has 0 bridgehead atoms. The van der Waals surface area contributed by atoms with Crippen LogP contribution in [0.2, 0.25) is 0 Å². The van der Waals surface area contributed by atoms with Crippen molar-refractivity contribution >= 4 is 11.5 Å². The molecule has 0 radical (unpaired) electrons. The van der Waals surface area contributed by atoms with Crippen molar-refractivity contribution in [2.75, 3.05) is 11.9 Å². The highest BCUT2D eigenvalue weighted by molar-refractivity contribution is 5.55. The molecule has 0 amide bonds. The van der Waals surface area contributed by atoms with Gasteiger partial charge in [-0.2, -0.15) is 18.3 Å². The molecule has 2 heterocycles. The number of nitrogens with one attached hydrogen (secondary N) is 1. The standard InChI is InChI=1S/C12H10F3N5O3/c13-12(14,15)7-23-10-4-3-8(18-19-10)6-17-11-9(20(21)22)2-1-5-16-11/h1-5H,6-7H2,(H,16,17). The molecule has 2 aromatic heterocycles. The Morgan fingerprint density at radius 2 is 2.04 bits per heavy atom. The average Bonchev–Trinajstić information content (AvgIpc) is 2.51. The van der Waals surface area contributed by atoms with Crippen molar-refractivity contribution in [2.24, 2.45) is 0 Å². The largest absolute Gasteiger partial charge is 0.467 e. The van der Waals surface area contributed by atoms with Crippen LogP contribution in [0.3, 0.4) is 0 Å². The van der Waals surface area contributed by atoms with Gasteiger partial charge in [-0.1, -0.05) is 0 Å². The highest BCUT2D eigenvalue weighted by Crippen LogP contribution is 2.21. The molecule has 122 valence electrons. The van der Waals surface area contributed by atoms with Gasteiger partial charge in [0, 0.05) is 18.3 Å². The Kier molecular flexibility index (Phi) is 4.88. The second kappa shape index (κ2) is 6.85. The number of alkyl halides is 3. The second-order valence-corrected chi connectivity index (χ2v) is 4.25. The number of aromatic nitrogens is 3. The second-order valence-electron chi connectivity index (χ2n) is 4.25. The molecule has 0 spiro atoms. The molecule has 0 fully saturated rings. The van der Waals surface area contributed by atoms with Crippen molar-refractivity contribution in [1.29, 1.82) is 0 Å². The van der Waals surface area contributed by atoms with Crippen LogP contribution < -0.4 is 10.1 Å². The Morgan fingerprint density at radius 3 is 2.65 bits per heavy atom. The molecule has 1 N–H and O–H groups in total. The van der Waals surface area contributed by atoms with E-state index in [0.717, 1.165) is 0 Å². The van der Waals surface area contributed by atoms with Crippen LogP contribution in [0.5, 0.6) is 5.88 Å². The molecule has 23 heavy (non-hydrogen) atoms.